The molecule has 0 spiro atoms. The van der Waals surface area contributed by atoms with E-state index < -0.39 is 55.4 Å². The van der Waals surface area contributed by atoms with E-state index in [-0.39, 0.29) is 11.1 Å². The highest BCUT2D eigenvalue weighted by Gasteiger charge is 2.40. The van der Waals surface area contributed by atoms with Crippen LogP contribution in [-0.4, -0.2) is 46.9 Å². The van der Waals surface area contributed by atoms with Crippen LogP contribution in [-0.2, 0) is 21.8 Å². The number of rotatable bonds is 4. The summed E-state index contributed by atoms with van der Waals surface area (Å²) in [6.07, 6.45) is -6.85. The Hall–Kier alpha value is -2.00. The first-order chi connectivity index (χ1) is 13.7. The van der Waals surface area contributed by atoms with Gasteiger partial charge in [0.1, 0.15) is 11.2 Å². The molecule has 1 aromatic carbocycles. The Morgan fingerprint density at radius 3 is 1.94 bits per heavy atom. The van der Waals surface area contributed by atoms with Gasteiger partial charge in [-0.1, -0.05) is 0 Å². The van der Waals surface area contributed by atoms with Gasteiger partial charge in [0.05, 0.1) is 28.1 Å². The lowest BCUT2D eigenvalue weighted by Gasteiger charge is -2.19. The minimum atomic E-state index is -5.04. The molecule has 0 atom stereocenters. The van der Waals surface area contributed by atoms with Gasteiger partial charge in [-0.3, -0.25) is 10.1 Å². The highest BCUT2D eigenvalue weighted by atomic mass is 32.2. The molecule has 1 N–H and O–H groups in total. The third-order valence-electron chi connectivity index (χ3n) is 3.64. The van der Waals surface area contributed by atoms with Crippen molar-refractivity contribution in [3.05, 3.63) is 39.6 Å². The molecular formula is C16H18F6N2O5S2. The molecule has 2 rings (SSSR count). The van der Waals surface area contributed by atoms with Crippen LogP contribution in [0.5, 0.6) is 0 Å². The fourth-order valence-electron chi connectivity index (χ4n) is 2.54. The standard InChI is InChI=1S/C13H13F3N2O5S.C3H5F3S/c1-12(2,19)11-5-7-4-10(18(20)21)8(13(14,15)16)6-9(7)17(11)24(3,22)23;1-7-2-3(4,5)6/h4-6,19H,1-3H3;2H2,1H3. The molecule has 176 valence electrons. The normalized spacial score (nSPS) is 13.1. The summed E-state index contributed by atoms with van der Waals surface area (Å²) in [6.45, 7) is 2.50. The highest BCUT2D eigenvalue weighted by molar-refractivity contribution is 7.98. The number of alkyl halides is 6. The maximum Gasteiger partial charge on any atom is 0.423 e. The second-order valence-electron chi connectivity index (χ2n) is 6.85. The molecule has 0 radical (unpaired) electrons. The van der Waals surface area contributed by atoms with Crippen molar-refractivity contribution >= 4 is 38.4 Å². The number of aliphatic hydroxyl groups is 1. The van der Waals surface area contributed by atoms with Gasteiger partial charge in [0.15, 0.2) is 0 Å². The van der Waals surface area contributed by atoms with E-state index in [1.54, 1.807) is 0 Å². The van der Waals surface area contributed by atoms with Gasteiger partial charge in [-0.05, 0) is 32.2 Å². The van der Waals surface area contributed by atoms with Gasteiger partial charge >= 0.3 is 12.4 Å². The molecule has 7 nitrogen and oxygen atoms in total. The van der Waals surface area contributed by atoms with Crippen LogP contribution in [0.3, 0.4) is 0 Å². The first kappa shape index (κ1) is 27.0. The summed E-state index contributed by atoms with van der Waals surface area (Å²) in [5.41, 5.74) is -5.05. The van der Waals surface area contributed by atoms with Crippen LogP contribution in [0.15, 0.2) is 18.2 Å². The van der Waals surface area contributed by atoms with Gasteiger partial charge < -0.3 is 5.11 Å². The number of aromatic nitrogens is 1. The molecule has 0 saturated heterocycles. The molecule has 2 aromatic rings. The Morgan fingerprint density at radius 2 is 1.65 bits per heavy atom. The van der Waals surface area contributed by atoms with Crippen LogP contribution in [0.25, 0.3) is 10.9 Å². The third-order valence-corrected chi connectivity index (χ3v) is 5.32. The number of thioether (sulfide) groups is 1. The quantitative estimate of drug-likeness (QED) is 0.380. The first-order valence-corrected chi connectivity index (χ1v) is 11.3. The monoisotopic (exact) mass is 496 g/mol. The van der Waals surface area contributed by atoms with Crippen molar-refractivity contribution in [3.8, 4) is 0 Å². The first-order valence-electron chi connectivity index (χ1n) is 8.10. The van der Waals surface area contributed by atoms with Crippen LogP contribution in [0.2, 0.25) is 0 Å². The average Bonchev–Trinajstić information content (AvgIpc) is 2.91. The summed E-state index contributed by atoms with van der Waals surface area (Å²) in [7, 11) is -4.08. The number of hydrogen-bond donors (Lipinski definition) is 1. The zero-order valence-corrected chi connectivity index (χ0v) is 18.1. The van der Waals surface area contributed by atoms with Crippen molar-refractivity contribution in [2.24, 2.45) is 0 Å². The van der Waals surface area contributed by atoms with E-state index in [2.05, 4.69) is 0 Å². The summed E-state index contributed by atoms with van der Waals surface area (Å²) in [6, 6.07) is 2.17. The Bertz CT molecular complexity index is 1070. The lowest BCUT2D eigenvalue weighted by molar-refractivity contribution is -0.387. The summed E-state index contributed by atoms with van der Waals surface area (Å²) in [5.74, 6) is -0.743. The second-order valence-corrected chi connectivity index (χ2v) is 9.54. The largest absolute Gasteiger partial charge is 0.423 e. The topological polar surface area (TPSA) is 102 Å². The zero-order valence-electron chi connectivity index (χ0n) is 16.5. The lowest BCUT2D eigenvalue weighted by atomic mass is 10.1. The van der Waals surface area contributed by atoms with E-state index in [0.29, 0.717) is 16.1 Å². The number of fused-ring (bicyclic) bond motifs is 1. The van der Waals surface area contributed by atoms with Crippen LogP contribution in [0.4, 0.5) is 32.0 Å². The minimum absolute atomic E-state index is 0.0998. The molecule has 0 aliphatic heterocycles. The van der Waals surface area contributed by atoms with Gasteiger partial charge in [-0.15, -0.1) is 0 Å². The maximum absolute atomic E-state index is 13.1. The Morgan fingerprint density at radius 1 is 1.13 bits per heavy atom. The van der Waals surface area contributed by atoms with E-state index in [1.807, 2.05) is 0 Å². The molecule has 15 heteroatoms. The second kappa shape index (κ2) is 8.86. The molecule has 0 aliphatic carbocycles. The van der Waals surface area contributed by atoms with E-state index in [4.69, 9.17) is 0 Å². The van der Waals surface area contributed by atoms with Crippen molar-refractivity contribution in [2.45, 2.75) is 31.8 Å². The number of halogens is 6. The molecule has 0 aliphatic rings. The van der Waals surface area contributed by atoms with E-state index in [9.17, 15) is 50.0 Å². The number of benzene rings is 1. The fourth-order valence-corrected chi connectivity index (χ4v) is 4.02. The molecule has 0 fully saturated rings. The molecule has 1 aromatic heterocycles. The predicted molar refractivity (Wildman–Crippen MR) is 104 cm³/mol. The fraction of sp³-hybridized carbons (Fsp3) is 0.500. The van der Waals surface area contributed by atoms with Gasteiger partial charge in [-0.25, -0.2) is 12.4 Å². The van der Waals surface area contributed by atoms with E-state index >= 15 is 0 Å². The predicted octanol–water partition coefficient (Wildman–Crippen LogP) is 4.52. The van der Waals surface area contributed by atoms with Gasteiger partial charge in [0, 0.05) is 11.5 Å². The van der Waals surface area contributed by atoms with E-state index in [1.165, 1.54) is 20.1 Å². The number of hydrogen-bond acceptors (Lipinski definition) is 6. The van der Waals surface area contributed by atoms with Crippen LogP contribution < -0.4 is 0 Å². The smallest absolute Gasteiger partial charge is 0.384 e. The molecule has 1 heterocycles. The summed E-state index contributed by atoms with van der Waals surface area (Å²) in [4.78, 5) is 9.74. The van der Waals surface area contributed by atoms with Gasteiger partial charge in [0.2, 0.25) is 10.0 Å². The number of nitro benzene ring substituents is 1. The van der Waals surface area contributed by atoms with Crippen molar-refractivity contribution in [1.82, 2.24) is 3.97 Å². The van der Waals surface area contributed by atoms with Crippen LogP contribution in [0, 0.1) is 10.1 Å². The Balaban J connectivity index is 0.000000592. The summed E-state index contributed by atoms with van der Waals surface area (Å²) in [5, 5.41) is 20.9. The van der Waals surface area contributed by atoms with Crippen molar-refractivity contribution < 1.29 is 44.8 Å². The molecule has 0 unspecified atom stereocenters. The number of nitrogens with zero attached hydrogens (tertiary/aromatic N) is 2. The van der Waals surface area contributed by atoms with Crippen molar-refractivity contribution in [1.29, 1.82) is 0 Å². The lowest BCUT2D eigenvalue weighted by Crippen LogP contribution is -2.24. The van der Waals surface area contributed by atoms with Crippen LogP contribution >= 0.6 is 11.8 Å². The Kier molecular flexibility index (Phi) is 7.73. The molecule has 0 saturated carbocycles. The van der Waals surface area contributed by atoms with Crippen molar-refractivity contribution in [3.63, 3.8) is 0 Å². The number of nitro groups is 1. The molecule has 0 amide bonds. The summed E-state index contributed by atoms with van der Waals surface area (Å²) >= 11 is 0.784. The van der Waals surface area contributed by atoms with Crippen LogP contribution in [0.1, 0.15) is 25.1 Å². The minimum Gasteiger partial charge on any atom is -0.384 e. The highest BCUT2D eigenvalue weighted by Crippen LogP contribution is 2.40. The average molecular weight is 496 g/mol. The zero-order chi connectivity index (χ0) is 24.6. The maximum atomic E-state index is 13.1. The third kappa shape index (κ3) is 7.00. The van der Waals surface area contributed by atoms with Crippen molar-refractivity contribution in [2.75, 3.05) is 18.3 Å². The molecular weight excluding hydrogens is 478 g/mol. The SMILES string of the molecule is CC(C)(O)c1cc2cc([N+](=O)[O-])c(C(F)(F)F)cc2n1S(C)(=O)=O.CSCC(F)(F)F. The van der Waals surface area contributed by atoms with Gasteiger partial charge in [-0.2, -0.15) is 38.1 Å². The molecule has 31 heavy (non-hydrogen) atoms. The van der Waals surface area contributed by atoms with Gasteiger partial charge in [0.25, 0.3) is 5.69 Å². The Labute approximate surface area is 177 Å². The van der Waals surface area contributed by atoms with E-state index in [0.717, 1.165) is 24.1 Å². The molecule has 0 bridgehead atoms. The summed E-state index contributed by atoms with van der Waals surface area (Å²) < 4.78 is 96.9.